The lowest BCUT2D eigenvalue weighted by Crippen LogP contribution is -2.18. The Bertz CT molecular complexity index is 671. The highest BCUT2D eigenvalue weighted by Gasteiger charge is 2.21. The molecule has 0 aromatic carbocycles. The summed E-state index contributed by atoms with van der Waals surface area (Å²) in [6, 6.07) is 3.96. The molecule has 0 spiro atoms. The number of anilines is 1. The third-order valence-corrected chi connectivity index (χ3v) is 5.13. The van der Waals surface area contributed by atoms with Gasteiger partial charge in [0.2, 0.25) is 5.91 Å². The molecule has 1 aliphatic carbocycles. The fourth-order valence-electron chi connectivity index (χ4n) is 2.81. The van der Waals surface area contributed by atoms with E-state index in [0.717, 1.165) is 5.56 Å². The van der Waals surface area contributed by atoms with Crippen LogP contribution in [0.3, 0.4) is 0 Å². The second-order valence-corrected chi connectivity index (χ2v) is 7.17. The van der Waals surface area contributed by atoms with Crippen LogP contribution in [0.15, 0.2) is 18.3 Å². The molecule has 0 radical (unpaired) electrons. The van der Waals surface area contributed by atoms with E-state index in [1.165, 1.54) is 35.3 Å². The Kier molecular flexibility index (Phi) is 3.81. The maximum atomic E-state index is 11.7. The second-order valence-electron chi connectivity index (χ2n) is 5.86. The number of hydrogen-bond donors (Lipinski definition) is 1. The monoisotopic (exact) mass is 300 g/mol. The molecule has 0 bridgehead atoms. The summed E-state index contributed by atoms with van der Waals surface area (Å²) in [5, 5.41) is 2.83. The van der Waals surface area contributed by atoms with Crippen LogP contribution in [0.25, 0.3) is 11.1 Å². The molecule has 0 saturated heterocycles. The van der Waals surface area contributed by atoms with Crippen LogP contribution in [0.5, 0.6) is 0 Å². The van der Waals surface area contributed by atoms with Crippen LogP contribution in [0.4, 0.5) is 5.82 Å². The number of carbonyl (C=O) groups is 1. The summed E-state index contributed by atoms with van der Waals surface area (Å²) in [5.74, 6) is 0.596. The van der Waals surface area contributed by atoms with Crippen LogP contribution >= 0.6 is 11.3 Å². The topological polar surface area (TPSA) is 42.0 Å². The fourth-order valence-corrected chi connectivity index (χ4v) is 4.09. The van der Waals surface area contributed by atoms with E-state index in [1.807, 2.05) is 37.4 Å². The van der Waals surface area contributed by atoms with E-state index < -0.39 is 0 Å². The third kappa shape index (κ3) is 2.72. The lowest BCUT2D eigenvalue weighted by atomic mass is 10.0. The maximum absolute atomic E-state index is 11.7. The summed E-state index contributed by atoms with van der Waals surface area (Å²) in [5.41, 5.74) is 4.04. The van der Waals surface area contributed by atoms with E-state index in [-0.39, 0.29) is 11.8 Å². The van der Waals surface area contributed by atoms with E-state index in [9.17, 15) is 4.79 Å². The van der Waals surface area contributed by atoms with Crippen LogP contribution in [0.2, 0.25) is 0 Å². The molecule has 1 N–H and O–H groups in total. The van der Waals surface area contributed by atoms with Gasteiger partial charge in [-0.15, -0.1) is 11.3 Å². The van der Waals surface area contributed by atoms with Crippen molar-refractivity contribution in [2.75, 3.05) is 5.32 Å². The van der Waals surface area contributed by atoms with Gasteiger partial charge in [-0.25, -0.2) is 4.98 Å². The second kappa shape index (κ2) is 5.60. The van der Waals surface area contributed by atoms with Crippen LogP contribution in [-0.4, -0.2) is 10.9 Å². The number of nitrogens with one attached hydrogen (secondary N) is 1. The normalized spacial score (nSPS) is 13.5. The summed E-state index contributed by atoms with van der Waals surface area (Å²) in [4.78, 5) is 19.0. The molecule has 2 aromatic heterocycles. The van der Waals surface area contributed by atoms with E-state index >= 15 is 0 Å². The van der Waals surface area contributed by atoms with Crippen molar-refractivity contribution in [3.05, 3.63) is 33.6 Å². The Hall–Kier alpha value is -1.68. The highest BCUT2D eigenvalue weighted by molar-refractivity contribution is 7.12. The van der Waals surface area contributed by atoms with Crippen molar-refractivity contribution >= 4 is 23.1 Å². The number of carbonyl (C=O) groups excluding carboxylic acids is 1. The molecule has 1 amide bonds. The number of rotatable bonds is 3. The zero-order valence-corrected chi connectivity index (χ0v) is 13.5. The Morgan fingerprint density at radius 2 is 2.14 bits per heavy atom. The van der Waals surface area contributed by atoms with Crippen molar-refractivity contribution in [3.8, 4) is 11.1 Å². The van der Waals surface area contributed by atoms with Gasteiger partial charge in [0.1, 0.15) is 5.82 Å². The number of hydrogen-bond acceptors (Lipinski definition) is 3. The molecule has 0 unspecified atom stereocenters. The molecule has 1 aliphatic rings. The quantitative estimate of drug-likeness (QED) is 0.923. The average molecular weight is 300 g/mol. The summed E-state index contributed by atoms with van der Waals surface area (Å²) in [6.45, 7) is 5.94. The molecule has 3 nitrogen and oxygen atoms in total. The van der Waals surface area contributed by atoms with Crippen LogP contribution in [0, 0.1) is 12.8 Å². The number of fused-ring (bicyclic) bond motifs is 1. The minimum Gasteiger partial charge on any atom is -0.310 e. The highest BCUT2D eigenvalue weighted by atomic mass is 32.1. The number of aryl methyl sites for hydroxylation is 2. The van der Waals surface area contributed by atoms with Crippen LogP contribution in [-0.2, 0) is 17.6 Å². The molecular weight excluding hydrogens is 280 g/mol. The van der Waals surface area contributed by atoms with Crippen molar-refractivity contribution in [1.29, 1.82) is 0 Å². The average Bonchev–Trinajstić information content (AvgIpc) is 2.99. The zero-order valence-electron chi connectivity index (χ0n) is 12.7. The number of aromatic nitrogens is 1. The molecule has 2 aromatic rings. The molecule has 3 rings (SSSR count). The van der Waals surface area contributed by atoms with Gasteiger partial charge in [0, 0.05) is 33.0 Å². The fraction of sp³-hybridized carbons (Fsp3) is 0.412. The van der Waals surface area contributed by atoms with Gasteiger partial charge < -0.3 is 5.32 Å². The molecule has 2 heterocycles. The summed E-state index contributed by atoms with van der Waals surface area (Å²) < 4.78 is 0. The van der Waals surface area contributed by atoms with Gasteiger partial charge in [-0.2, -0.15) is 0 Å². The molecular formula is C17H20N2OS. The van der Waals surface area contributed by atoms with Gasteiger partial charge in [-0.3, -0.25) is 4.79 Å². The first-order chi connectivity index (χ1) is 10.1. The molecule has 21 heavy (non-hydrogen) atoms. The molecule has 0 aliphatic heterocycles. The predicted octanol–water partition coefficient (Wildman–Crippen LogP) is 4.20. The lowest BCUT2D eigenvalue weighted by Gasteiger charge is -2.08. The first-order valence-corrected chi connectivity index (χ1v) is 8.26. The minimum absolute atomic E-state index is 0.00264. The Morgan fingerprint density at radius 1 is 1.33 bits per heavy atom. The summed E-state index contributed by atoms with van der Waals surface area (Å²) in [7, 11) is 0. The van der Waals surface area contributed by atoms with Crippen LogP contribution < -0.4 is 5.32 Å². The first kappa shape index (κ1) is 14.3. The molecule has 0 saturated carbocycles. The molecule has 4 heteroatoms. The zero-order chi connectivity index (χ0) is 15.0. The highest BCUT2D eigenvalue weighted by Crippen LogP contribution is 2.40. The van der Waals surface area contributed by atoms with E-state index in [1.54, 1.807) is 4.88 Å². The lowest BCUT2D eigenvalue weighted by molar-refractivity contribution is -0.118. The van der Waals surface area contributed by atoms with Crippen molar-refractivity contribution in [2.45, 2.75) is 40.0 Å². The Balaban J connectivity index is 1.86. The van der Waals surface area contributed by atoms with Crippen molar-refractivity contribution in [3.63, 3.8) is 0 Å². The van der Waals surface area contributed by atoms with Gasteiger partial charge >= 0.3 is 0 Å². The number of pyridine rings is 1. The van der Waals surface area contributed by atoms with Crippen molar-refractivity contribution in [2.24, 2.45) is 5.92 Å². The van der Waals surface area contributed by atoms with E-state index in [0.29, 0.717) is 5.82 Å². The Morgan fingerprint density at radius 3 is 2.81 bits per heavy atom. The minimum atomic E-state index is -0.0335. The number of thiophene rings is 1. The Labute approximate surface area is 129 Å². The van der Waals surface area contributed by atoms with Gasteiger partial charge in [0.05, 0.1) is 0 Å². The predicted molar refractivity (Wildman–Crippen MR) is 87.8 cm³/mol. The standard InChI is InChI=1S/C17H20N2OS/c1-10(2)17(20)19-15-8-7-12(9-18-15)16-11(3)21-14-6-4-5-13(14)16/h7-10H,4-6H2,1-3H3,(H,18,19,20). The third-order valence-electron chi connectivity index (χ3n) is 3.93. The van der Waals surface area contributed by atoms with Gasteiger partial charge in [0.15, 0.2) is 0 Å². The summed E-state index contributed by atoms with van der Waals surface area (Å²) >= 11 is 1.92. The van der Waals surface area contributed by atoms with Crippen LogP contribution in [0.1, 0.15) is 35.6 Å². The largest absolute Gasteiger partial charge is 0.310 e. The van der Waals surface area contributed by atoms with E-state index in [4.69, 9.17) is 0 Å². The SMILES string of the molecule is Cc1sc2c(c1-c1ccc(NC(=O)C(C)C)nc1)CCC2. The molecule has 0 atom stereocenters. The smallest absolute Gasteiger partial charge is 0.228 e. The van der Waals surface area contributed by atoms with E-state index in [2.05, 4.69) is 23.3 Å². The number of nitrogens with zero attached hydrogens (tertiary/aromatic N) is 1. The molecule has 0 fully saturated rings. The number of amides is 1. The van der Waals surface area contributed by atoms with Gasteiger partial charge in [-0.05, 0) is 43.9 Å². The maximum Gasteiger partial charge on any atom is 0.228 e. The van der Waals surface area contributed by atoms with Gasteiger partial charge in [-0.1, -0.05) is 13.8 Å². The summed E-state index contributed by atoms with van der Waals surface area (Å²) in [6.07, 6.45) is 5.55. The van der Waals surface area contributed by atoms with Crippen molar-refractivity contribution in [1.82, 2.24) is 4.98 Å². The first-order valence-electron chi connectivity index (χ1n) is 7.44. The van der Waals surface area contributed by atoms with Gasteiger partial charge in [0.25, 0.3) is 0 Å². The van der Waals surface area contributed by atoms with Crippen molar-refractivity contribution < 1.29 is 4.79 Å². The molecule has 110 valence electrons.